The molecular formula is C22H24ClN3O. The zero-order valence-corrected chi connectivity index (χ0v) is 16.0. The number of fused-ring (bicyclic) bond motifs is 1. The number of hydrogen-bond acceptors (Lipinski definition) is 2. The van der Waals surface area contributed by atoms with E-state index in [1.807, 2.05) is 42.5 Å². The molecule has 140 valence electrons. The number of amides is 1. The second-order valence-electron chi connectivity index (χ2n) is 7.33. The molecule has 0 radical (unpaired) electrons. The standard InChI is InChI=1S/C22H24ClN3O/c23-19-7-5-17(6-8-19)15-26-11-9-16(10-12-26)14-24-22(27)21-13-18-3-1-2-4-20(18)25-21/h1-8,13,16,25H,9-12,14-15H2,(H,24,27). The van der Waals surface area contributed by atoms with Crippen molar-refractivity contribution >= 4 is 28.4 Å². The van der Waals surface area contributed by atoms with Gasteiger partial charge in [-0.1, -0.05) is 41.9 Å². The zero-order chi connectivity index (χ0) is 18.6. The highest BCUT2D eigenvalue weighted by atomic mass is 35.5. The van der Waals surface area contributed by atoms with E-state index in [2.05, 4.69) is 27.3 Å². The number of nitrogens with zero attached hydrogens (tertiary/aromatic N) is 1. The molecule has 2 aromatic carbocycles. The number of H-pyrrole nitrogens is 1. The topological polar surface area (TPSA) is 48.1 Å². The Hall–Kier alpha value is -2.30. The third-order valence-corrected chi connectivity index (χ3v) is 5.60. The normalized spacial score (nSPS) is 15.9. The van der Waals surface area contributed by atoms with Gasteiger partial charge in [0.25, 0.3) is 5.91 Å². The summed E-state index contributed by atoms with van der Waals surface area (Å²) in [6, 6.07) is 17.9. The van der Waals surface area contributed by atoms with Gasteiger partial charge < -0.3 is 10.3 Å². The van der Waals surface area contributed by atoms with Crippen molar-refractivity contribution in [3.63, 3.8) is 0 Å². The Morgan fingerprint density at radius 3 is 2.59 bits per heavy atom. The van der Waals surface area contributed by atoms with Crippen LogP contribution >= 0.6 is 11.6 Å². The van der Waals surface area contributed by atoms with Crippen LogP contribution in [0.25, 0.3) is 10.9 Å². The summed E-state index contributed by atoms with van der Waals surface area (Å²) in [4.78, 5) is 18.1. The van der Waals surface area contributed by atoms with Crippen LogP contribution in [0.4, 0.5) is 0 Å². The molecule has 1 aliphatic heterocycles. The van der Waals surface area contributed by atoms with Gasteiger partial charge >= 0.3 is 0 Å². The monoisotopic (exact) mass is 381 g/mol. The molecule has 3 aromatic rings. The number of para-hydroxylation sites is 1. The maximum atomic E-state index is 12.4. The molecule has 0 unspecified atom stereocenters. The minimum Gasteiger partial charge on any atom is -0.351 e. The molecule has 0 bridgehead atoms. The molecule has 1 aliphatic rings. The van der Waals surface area contributed by atoms with E-state index in [4.69, 9.17) is 11.6 Å². The quantitative estimate of drug-likeness (QED) is 0.685. The Labute approximate surface area is 164 Å². The number of benzene rings is 2. The lowest BCUT2D eigenvalue weighted by Gasteiger charge is -2.32. The zero-order valence-electron chi connectivity index (χ0n) is 15.2. The van der Waals surface area contributed by atoms with Crippen molar-refractivity contribution in [2.45, 2.75) is 19.4 Å². The molecule has 27 heavy (non-hydrogen) atoms. The van der Waals surface area contributed by atoms with Gasteiger partial charge in [0.05, 0.1) is 0 Å². The smallest absolute Gasteiger partial charge is 0.267 e. The third kappa shape index (κ3) is 4.52. The molecule has 4 rings (SSSR count). The van der Waals surface area contributed by atoms with Crippen molar-refractivity contribution in [3.8, 4) is 0 Å². The number of carbonyl (C=O) groups excluding carboxylic acids is 1. The lowest BCUT2D eigenvalue weighted by atomic mass is 9.96. The van der Waals surface area contributed by atoms with E-state index < -0.39 is 0 Å². The summed E-state index contributed by atoms with van der Waals surface area (Å²) in [5.41, 5.74) is 2.93. The van der Waals surface area contributed by atoms with Crippen molar-refractivity contribution < 1.29 is 4.79 Å². The van der Waals surface area contributed by atoms with E-state index in [9.17, 15) is 4.79 Å². The van der Waals surface area contributed by atoms with Gasteiger partial charge in [0, 0.05) is 29.0 Å². The summed E-state index contributed by atoms with van der Waals surface area (Å²) in [7, 11) is 0. The first-order valence-electron chi connectivity index (χ1n) is 9.50. The summed E-state index contributed by atoms with van der Waals surface area (Å²) in [5.74, 6) is 0.523. The molecule has 4 nitrogen and oxygen atoms in total. The lowest BCUT2D eigenvalue weighted by Crippen LogP contribution is -2.38. The SMILES string of the molecule is O=C(NCC1CCN(Cc2ccc(Cl)cc2)CC1)c1cc2ccccc2[nH]1. The number of nitrogens with one attached hydrogen (secondary N) is 2. The number of aromatic nitrogens is 1. The summed E-state index contributed by atoms with van der Waals surface area (Å²) < 4.78 is 0. The first-order chi connectivity index (χ1) is 13.2. The first-order valence-corrected chi connectivity index (χ1v) is 9.88. The van der Waals surface area contributed by atoms with Crippen LogP contribution in [0, 0.1) is 5.92 Å². The second-order valence-corrected chi connectivity index (χ2v) is 7.76. The predicted octanol–water partition coefficient (Wildman–Crippen LogP) is 4.46. The van der Waals surface area contributed by atoms with Crippen LogP contribution in [0.3, 0.4) is 0 Å². The van der Waals surface area contributed by atoms with Crippen LogP contribution in [-0.4, -0.2) is 35.4 Å². The highest BCUT2D eigenvalue weighted by molar-refractivity contribution is 6.30. The maximum Gasteiger partial charge on any atom is 0.267 e. The number of hydrogen-bond donors (Lipinski definition) is 2. The number of rotatable bonds is 5. The van der Waals surface area contributed by atoms with Crippen molar-refractivity contribution in [2.24, 2.45) is 5.92 Å². The average molecular weight is 382 g/mol. The summed E-state index contributed by atoms with van der Waals surface area (Å²) in [6.07, 6.45) is 2.22. The largest absolute Gasteiger partial charge is 0.351 e. The van der Waals surface area contributed by atoms with Gasteiger partial charge in [-0.05, 0) is 61.7 Å². The van der Waals surface area contributed by atoms with Gasteiger partial charge in [-0.3, -0.25) is 9.69 Å². The fourth-order valence-electron chi connectivity index (χ4n) is 3.72. The van der Waals surface area contributed by atoms with E-state index in [1.54, 1.807) is 0 Å². The second kappa shape index (κ2) is 8.15. The molecule has 0 saturated carbocycles. The van der Waals surface area contributed by atoms with Crippen LogP contribution < -0.4 is 5.32 Å². The molecule has 1 aromatic heterocycles. The Balaban J connectivity index is 1.24. The van der Waals surface area contributed by atoms with Crippen LogP contribution in [-0.2, 0) is 6.54 Å². The van der Waals surface area contributed by atoms with Crippen LogP contribution in [0.1, 0.15) is 28.9 Å². The summed E-state index contributed by atoms with van der Waals surface area (Å²) in [6.45, 7) is 3.83. The van der Waals surface area contributed by atoms with Crippen LogP contribution in [0.15, 0.2) is 54.6 Å². The fourth-order valence-corrected chi connectivity index (χ4v) is 3.85. The van der Waals surface area contributed by atoms with Gasteiger partial charge in [0.2, 0.25) is 0 Å². The van der Waals surface area contributed by atoms with Crippen LogP contribution in [0.5, 0.6) is 0 Å². The summed E-state index contributed by atoms with van der Waals surface area (Å²) >= 11 is 5.95. The van der Waals surface area contributed by atoms with Gasteiger partial charge in [0.15, 0.2) is 0 Å². The van der Waals surface area contributed by atoms with E-state index in [0.717, 1.165) is 54.9 Å². The van der Waals surface area contributed by atoms with Gasteiger partial charge in [-0.15, -0.1) is 0 Å². The minimum absolute atomic E-state index is 0.0187. The van der Waals surface area contributed by atoms with Gasteiger partial charge in [-0.2, -0.15) is 0 Å². The molecule has 1 saturated heterocycles. The molecule has 5 heteroatoms. The van der Waals surface area contributed by atoms with Crippen molar-refractivity contribution in [3.05, 3.63) is 70.9 Å². The Kier molecular flexibility index (Phi) is 5.46. The molecule has 0 aliphatic carbocycles. The molecule has 2 N–H and O–H groups in total. The third-order valence-electron chi connectivity index (χ3n) is 5.35. The first kappa shape index (κ1) is 18.1. The molecule has 1 amide bonds. The average Bonchev–Trinajstić information content (AvgIpc) is 3.13. The van der Waals surface area contributed by atoms with Crippen LogP contribution in [0.2, 0.25) is 5.02 Å². The molecule has 0 spiro atoms. The number of likely N-dealkylation sites (tertiary alicyclic amines) is 1. The number of carbonyl (C=O) groups is 1. The van der Waals surface area contributed by atoms with E-state index in [0.29, 0.717) is 11.6 Å². The van der Waals surface area contributed by atoms with E-state index in [-0.39, 0.29) is 5.91 Å². The highest BCUT2D eigenvalue weighted by Crippen LogP contribution is 2.20. The molecule has 1 fully saturated rings. The fraction of sp³-hybridized carbons (Fsp3) is 0.318. The van der Waals surface area contributed by atoms with Crippen molar-refractivity contribution in [2.75, 3.05) is 19.6 Å². The predicted molar refractivity (Wildman–Crippen MR) is 110 cm³/mol. The highest BCUT2D eigenvalue weighted by Gasteiger charge is 2.20. The van der Waals surface area contributed by atoms with Gasteiger partial charge in [0.1, 0.15) is 5.69 Å². The van der Waals surface area contributed by atoms with Gasteiger partial charge in [-0.25, -0.2) is 0 Å². The molecule has 2 heterocycles. The lowest BCUT2D eigenvalue weighted by molar-refractivity contribution is 0.0931. The maximum absolute atomic E-state index is 12.4. The van der Waals surface area contributed by atoms with E-state index >= 15 is 0 Å². The number of aromatic amines is 1. The van der Waals surface area contributed by atoms with Crippen molar-refractivity contribution in [1.29, 1.82) is 0 Å². The molecular weight excluding hydrogens is 358 g/mol. The van der Waals surface area contributed by atoms with E-state index in [1.165, 1.54) is 5.56 Å². The number of piperidine rings is 1. The molecule has 0 atom stereocenters. The number of halogens is 1. The van der Waals surface area contributed by atoms with Crippen molar-refractivity contribution in [1.82, 2.24) is 15.2 Å². The Morgan fingerprint density at radius 2 is 1.85 bits per heavy atom. The Morgan fingerprint density at radius 1 is 1.11 bits per heavy atom. The minimum atomic E-state index is -0.0187. The Bertz CT molecular complexity index is 878. The summed E-state index contributed by atoms with van der Waals surface area (Å²) in [5, 5.41) is 4.95.